The van der Waals surface area contributed by atoms with Crippen LogP contribution in [-0.2, 0) is 16.1 Å². The first kappa shape index (κ1) is 26.0. The van der Waals surface area contributed by atoms with Gasteiger partial charge in [0.05, 0.1) is 19.1 Å². The van der Waals surface area contributed by atoms with Crippen molar-refractivity contribution in [1.29, 1.82) is 0 Å². The summed E-state index contributed by atoms with van der Waals surface area (Å²) < 4.78 is 5.13. The summed E-state index contributed by atoms with van der Waals surface area (Å²) in [6.07, 6.45) is 3.86. The lowest BCUT2D eigenvalue weighted by molar-refractivity contribution is -0.138. The van der Waals surface area contributed by atoms with Gasteiger partial charge in [-0.3, -0.25) is 14.6 Å². The van der Waals surface area contributed by atoms with Crippen molar-refractivity contribution in [3.8, 4) is 5.75 Å². The Morgan fingerprint density at radius 1 is 1.10 bits per heavy atom. The highest BCUT2D eigenvalue weighted by atomic mass is 127. The largest absolute Gasteiger partial charge is 0.497 e. The van der Waals surface area contributed by atoms with Crippen LogP contribution in [0.4, 0.5) is 0 Å². The predicted molar refractivity (Wildman–Crippen MR) is 129 cm³/mol. The van der Waals surface area contributed by atoms with E-state index in [4.69, 9.17) is 4.74 Å². The van der Waals surface area contributed by atoms with Crippen molar-refractivity contribution in [2.45, 2.75) is 32.2 Å². The van der Waals surface area contributed by atoms with E-state index in [9.17, 15) is 9.59 Å². The Kier molecular flexibility index (Phi) is 10.9. The average molecular weight is 531 g/mol. The van der Waals surface area contributed by atoms with E-state index >= 15 is 0 Å². The molecule has 0 spiro atoms. The first-order chi connectivity index (χ1) is 13.9. The van der Waals surface area contributed by atoms with Crippen LogP contribution in [0.3, 0.4) is 0 Å². The minimum absolute atomic E-state index is 0. The number of carbonyl (C=O) groups is 2. The number of ether oxygens (including phenoxy) is 1. The Morgan fingerprint density at radius 3 is 2.27 bits per heavy atom. The summed E-state index contributed by atoms with van der Waals surface area (Å²) in [5, 5.41) is 9.11. The van der Waals surface area contributed by atoms with Crippen molar-refractivity contribution >= 4 is 41.8 Å². The maximum absolute atomic E-state index is 12.6. The maximum atomic E-state index is 12.6. The van der Waals surface area contributed by atoms with Gasteiger partial charge in [-0.25, -0.2) is 0 Å². The van der Waals surface area contributed by atoms with E-state index in [1.165, 1.54) is 0 Å². The molecule has 0 heterocycles. The van der Waals surface area contributed by atoms with Crippen LogP contribution in [0.2, 0.25) is 0 Å². The van der Waals surface area contributed by atoms with Crippen molar-refractivity contribution in [3.05, 3.63) is 29.8 Å². The molecule has 0 saturated heterocycles. The second-order valence-corrected chi connectivity index (χ2v) is 7.59. The maximum Gasteiger partial charge on any atom is 0.239 e. The molecule has 1 aliphatic carbocycles. The molecular weight excluding hydrogens is 497 g/mol. The van der Waals surface area contributed by atoms with Crippen molar-refractivity contribution in [3.63, 3.8) is 0 Å². The summed E-state index contributed by atoms with van der Waals surface area (Å²) in [6, 6.07) is 7.55. The highest BCUT2D eigenvalue weighted by Gasteiger charge is 2.42. The number of guanidine groups is 1. The zero-order chi connectivity index (χ0) is 21.3. The van der Waals surface area contributed by atoms with Gasteiger partial charge in [-0.1, -0.05) is 25.0 Å². The Hall–Kier alpha value is -2.04. The van der Waals surface area contributed by atoms with Crippen molar-refractivity contribution in [1.82, 2.24) is 20.9 Å². The molecule has 0 atom stereocenters. The fraction of sp³-hybridized carbons (Fsp3) is 0.571. The third-order valence-corrected chi connectivity index (χ3v) is 5.30. The molecule has 2 rings (SSSR count). The lowest BCUT2D eigenvalue weighted by Crippen LogP contribution is -2.50. The molecule has 1 aliphatic rings. The van der Waals surface area contributed by atoms with E-state index in [1.807, 2.05) is 24.3 Å². The summed E-state index contributed by atoms with van der Waals surface area (Å²) in [7, 11) is 6.86. The molecule has 1 saturated carbocycles. The van der Waals surface area contributed by atoms with Gasteiger partial charge in [-0.2, -0.15) is 0 Å². The molecule has 0 aliphatic heterocycles. The van der Waals surface area contributed by atoms with Crippen LogP contribution in [-0.4, -0.2) is 64.0 Å². The molecule has 168 valence electrons. The van der Waals surface area contributed by atoms with E-state index in [0.717, 1.165) is 37.0 Å². The van der Waals surface area contributed by atoms with Crippen molar-refractivity contribution in [2.24, 2.45) is 10.4 Å². The van der Waals surface area contributed by atoms with Gasteiger partial charge < -0.3 is 25.6 Å². The third kappa shape index (κ3) is 7.33. The molecule has 3 N–H and O–H groups in total. The molecule has 1 aromatic rings. The number of nitrogens with one attached hydrogen (secondary N) is 3. The van der Waals surface area contributed by atoms with Crippen LogP contribution in [0, 0.1) is 5.41 Å². The van der Waals surface area contributed by atoms with E-state index in [0.29, 0.717) is 19.0 Å². The first-order valence-electron chi connectivity index (χ1n) is 9.96. The van der Waals surface area contributed by atoms with Crippen LogP contribution in [0.25, 0.3) is 0 Å². The number of benzene rings is 1. The molecule has 0 bridgehead atoms. The molecule has 0 unspecified atom stereocenters. The number of rotatable bonds is 8. The van der Waals surface area contributed by atoms with Gasteiger partial charge in [0, 0.05) is 34.2 Å². The Labute approximate surface area is 196 Å². The Bertz CT molecular complexity index is 716. The fourth-order valence-electron chi connectivity index (χ4n) is 3.64. The standard InChI is InChI=1S/C21H33N5O3.HI/c1-22-20(25-15-21(11-5-6-12-21)19(28)26(2)3)24-14-18(27)23-13-16-7-9-17(29-4)10-8-16;/h7-10H,5-6,11-15H2,1-4H3,(H,23,27)(H2,22,24,25);1H. The average Bonchev–Trinajstić information content (AvgIpc) is 3.22. The number of halogens is 1. The van der Waals surface area contributed by atoms with Gasteiger partial charge >= 0.3 is 0 Å². The number of carbonyl (C=O) groups excluding carboxylic acids is 2. The monoisotopic (exact) mass is 531 g/mol. The number of hydrogen-bond acceptors (Lipinski definition) is 4. The molecule has 8 nitrogen and oxygen atoms in total. The zero-order valence-corrected chi connectivity index (χ0v) is 20.6. The summed E-state index contributed by atoms with van der Waals surface area (Å²) >= 11 is 0. The van der Waals surface area contributed by atoms with E-state index < -0.39 is 5.41 Å². The summed E-state index contributed by atoms with van der Waals surface area (Å²) in [4.78, 5) is 30.6. The van der Waals surface area contributed by atoms with Crippen molar-refractivity contribution in [2.75, 3.05) is 41.3 Å². The normalized spacial score (nSPS) is 15.0. The van der Waals surface area contributed by atoms with Crippen LogP contribution >= 0.6 is 24.0 Å². The van der Waals surface area contributed by atoms with Crippen molar-refractivity contribution < 1.29 is 14.3 Å². The smallest absolute Gasteiger partial charge is 0.239 e. The summed E-state index contributed by atoms with van der Waals surface area (Å²) in [6.45, 7) is 1.05. The fourth-order valence-corrected chi connectivity index (χ4v) is 3.64. The van der Waals surface area contributed by atoms with Gasteiger partial charge in [-0.15, -0.1) is 24.0 Å². The van der Waals surface area contributed by atoms with Gasteiger partial charge in [0.1, 0.15) is 5.75 Å². The highest BCUT2D eigenvalue weighted by molar-refractivity contribution is 14.0. The number of nitrogens with zero attached hydrogens (tertiary/aromatic N) is 2. The van der Waals surface area contributed by atoms with Gasteiger partial charge in [0.25, 0.3) is 0 Å². The quantitative estimate of drug-likeness (QED) is 0.270. The van der Waals surface area contributed by atoms with Crippen LogP contribution in [0.5, 0.6) is 5.75 Å². The number of methoxy groups -OCH3 is 1. The number of aliphatic imine (C=N–C) groups is 1. The van der Waals surface area contributed by atoms with Crippen LogP contribution < -0.4 is 20.7 Å². The predicted octanol–water partition coefficient (Wildman–Crippen LogP) is 1.74. The molecule has 0 radical (unpaired) electrons. The molecule has 0 aromatic heterocycles. The van der Waals surface area contributed by atoms with E-state index in [-0.39, 0.29) is 42.3 Å². The first-order valence-corrected chi connectivity index (χ1v) is 9.96. The topological polar surface area (TPSA) is 95.1 Å². The lowest BCUT2D eigenvalue weighted by Gasteiger charge is -2.31. The Morgan fingerprint density at radius 2 is 1.73 bits per heavy atom. The SMILES string of the molecule is CN=C(NCC(=O)NCc1ccc(OC)cc1)NCC1(C(=O)N(C)C)CCCC1.I. The molecule has 2 amide bonds. The second-order valence-electron chi connectivity index (χ2n) is 7.59. The summed E-state index contributed by atoms with van der Waals surface area (Å²) in [5.41, 5.74) is 0.601. The van der Waals surface area contributed by atoms with Gasteiger partial charge in [0.2, 0.25) is 11.8 Å². The minimum Gasteiger partial charge on any atom is -0.497 e. The van der Waals surface area contributed by atoms with E-state index in [1.54, 1.807) is 33.2 Å². The van der Waals surface area contributed by atoms with Crippen LogP contribution in [0.15, 0.2) is 29.3 Å². The molecule has 9 heteroatoms. The lowest BCUT2D eigenvalue weighted by atomic mass is 9.84. The molecule has 1 fully saturated rings. The van der Waals surface area contributed by atoms with E-state index in [2.05, 4.69) is 20.9 Å². The second kappa shape index (κ2) is 12.6. The Balaban J connectivity index is 0.00000450. The molecular formula is C21H34IN5O3. The van der Waals surface area contributed by atoms with Crippen LogP contribution in [0.1, 0.15) is 31.2 Å². The molecule has 1 aromatic carbocycles. The van der Waals surface area contributed by atoms with Gasteiger partial charge in [0.15, 0.2) is 5.96 Å². The third-order valence-electron chi connectivity index (χ3n) is 5.30. The number of hydrogen-bond donors (Lipinski definition) is 3. The highest BCUT2D eigenvalue weighted by Crippen LogP contribution is 2.38. The molecule has 30 heavy (non-hydrogen) atoms. The zero-order valence-electron chi connectivity index (χ0n) is 18.3. The minimum atomic E-state index is -0.391. The summed E-state index contributed by atoms with van der Waals surface area (Å²) in [5.74, 6) is 1.31. The van der Waals surface area contributed by atoms with Gasteiger partial charge in [-0.05, 0) is 30.5 Å². The number of amides is 2.